The Labute approximate surface area is 138 Å². The molecule has 1 atom stereocenters. The monoisotopic (exact) mass is 334 g/mol. The summed E-state index contributed by atoms with van der Waals surface area (Å²) >= 11 is 0. The van der Waals surface area contributed by atoms with Gasteiger partial charge in [0.2, 0.25) is 0 Å². The molecular formula is C16H20F2N6. The van der Waals surface area contributed by atoms with E-state index in [2.05, 4.69) is 32.3 Å². The SMILES string of the molecule is CN1c2ncc(-c3nc(C(F)F)n(C)n3)cc2CCC12CCNC2. The summed E-state index contributed by atoms with van der Waals surface area (Å²) in [7, 11) is 3.57. The van der Waals surface area contributed by atoms with Crippen molar-refractivity contribution in [2.75, 3.05) is 25.0 Å². The summed E-state index contributed by atoms with van der Waals surface area (Å²) in [5, 5.41) is 7.54. The minimum absolute atomic E-state index is 0.146. The highest BCUT2D eigenvalue weighted by Gasteiger charge is 2.41. The first-order valence-electron chi connectivity index (χ1n) is 8.13. The molecule has 6 nitrogen and oxygen atoms in total. The van der Waals surface area contributed by atoms with E-state index >= 15 is 0 Å². The topological polar surface area (TPSA) is 58.9 Å². The molecule has 4 rings (SSSR count). The Morgan fingerprint density at radius 1 is 1.29 bits per heavy atom. The Morgan fingerprint density at radius 3 is 2.79 bits per heavy atom. The highest BCUT2D eigenvalue weighted by Crippen LogP contribution is 2.39. The van der Waals surface area contributed by atoms with Gasteiger partial charge in [0.1, 0.15) is 5.82 Å². The lowest BCUT2D eigenvalue weighted by Crippen LogP contribution is -2.51. The third-order valence-electron chi connectivity index (χ3n) is 5.30. The van der Waals surface area contributed by atoms with Crippen LogP contribution in [0.4, 0.5) is 14.6 Å². The fourth-order valence-electron chi connectivity index (χ4n) is 3.81. The van der Waals surface area contributed by atoms with Crippen molar-refractivity contribution in [1.82, 2.24) is 25.1 Å². The van der Waals surface area contributed by atoms with Gasteiger partial charge in [0.25, 0.3) is 6.43 Å². The number of anilines is 1. The number of rotatable bonds is 2. The molecule has 1 saturated heterocycles. The van der Waals surface area contributed by atoms with Gasteiger partial charge in [-0.15, -0.1) is 0 Å². The summed E-state index contributed by atoms with van der Waals surface area (Å²) in [6.07, 6.45) is 2.15. The molecular weight excluding hydrogens is 314 g/mol. The number of fused-ring (bicyclic) bond motifs is 1. The fourth-order valence-corrected chi connectivity index (χ4v) is 3.81. The van der Waals surface area contributed by atoms with Gasteiger partial charge in [-0.05, 0) is 37.4 Å². The number of likely N-dealkylation sites (N-methyl/N-ethyl adjacent to an activating group) is 1. The standard InChI is InChI=1S/C16H20F2N6/c1-23-14-10(3-4-16(23)5-6-19-9-16)7-11(8-20-14)13-21-15(12(17)18)24(2)22-13/h7-8,12,19H,3-6,9H2,1-2H3. The number of hydrogen-bond donors (Lipinski definition) is 1. The third-order valence-corrected chi connectivity index (χ3v) is 5.30. The predicted molar refractivity (Wildman–Crippen MR) is 86.1 cm³/mol. The van der Waals surface area contributed by atoms with Crippen LogP contribution < -0.4 is 10.2 Å². The molecule has 1 unspecified atom stereocenters. The van der Waals surface area contributed by atoms with Crippen LogP contribution in [-0.4, -0.2) is 45.4 Å². The number of aryl methyl sites for hydroxylation is 2. The van der Waals surface area contributed by atoms with Gasteiger partial charge in [-0.1, -0.05) is 0 Å². The minimum atomic E-state index is -2.64. The van der Waals surface area contributed by atoms with Crippen molar-refractivity contribution in [2.45, 2.75) is 31.2 Å². The van der Waals surface area contributed by atoms with Gasteiger partial charge in [-0.25, -0.2) is 23.4 Å². The Balaban J connectivity index is 1.69. The summed E-state index contributed by atoms with van der Waals surface area (Å²) in [6, 6.07) is 1.98. The molecule has 4 heterocycles. The van der Waals surface area contributed by atoms with Crippen LogP contribution in [0.5, 0.6) is 0 Å². The number of nitrogens with zero attached hydrogens (tertiary/aromatic N) is 5. The molecule has 8 heteroatoms. The van der Waals surface area contributed by atoms with Crippen LogP contribution in [0, 0.1) is 0 Å². The van der Waals surface area contributed by atoms with E-state index in [0.29, 0.717) is 11.4 Å². The van der Waals surface area contributed by atoms with Gasteiger partial charge < -0.3 is 10.2 Å². The molecule has 0 bridgehead atoms. The normalized spacial score (nSPS) is 23.3. The van der Waals surface area contributed by atoms with Crippen molar-refractivity contribution in [3.8, 4) is 11.4 Å². The van der Waals surface area contributed by atoms with Gasteiger partial charge >= 0.3 is 0 Å². The molecule has 24 heavy (non-hydrogen) atoms. The molecule has 2 aromatic heterocycles. The van der Waals surface area contributed by atoms with Gasteiger partial charge in [-0.3, -0.25) is 0 Å². The zero-order valence-corrected chi connectivity index (χ0v) is 13.8. The van der Waals surface area contributed by atoms with Crippen molar-refractivity contribution in [3.05, 3.63) is 23.7 Å². The summed E-state index contributed by atoms with van der Waals surface area (Å²) in [4.78, 5) is 10.8. The molecule has 0 aliphatic carbocycles. The predicted octanol–water partition coefficient (Wildman–Crippen LogP) is 1.93. The maximum absolute atomic E-state index is 12.9. The molecule has 2 aromatic rings. The molecule has 0 aromatic carbocycles. The van der Waals surface area contributed by atoms with Gasteiger partial charge in [-0.2, -0.15) is 5.10 Å². The van der Waals surface area contributed by atoms with Crippen LogP contribution in [0.2, 0.25) is 0 Å². The Bertz CT molecular complexity index is 766. The van der Waals surface area contributed by atoms with Gasteiger partial charge in [0.05, 0.1) is 5.54 Å². The van der Waals surface area contributed by atoms with Crippen LogP contribution in [0.25, 0.3) is 11.4 Å². The van der Waals surface area contributed by atoms with Crippen LogP contribution >= 0.6 is 0 Å². The maximum Gasteiger partial charge on any atom is 0.297 e. The van der Waals surface area contributed by atoms with E-state index in [0.717, 1.165) is 48.4 Å². The summed E-state index contributed by atoms with van der Waals surface area (Å²) in [5.41, 5.74) is 1.96. The Kier molecular flexibility index (Phi) is 3.52. The molecule has 2 aliphatic heterocycles. The number of aromatic nitrogens is 4. The van der Waals surface area contributed by atoms with Crippen LogP contribution in [0.1, 0.15) is 30.7 Å². The first-order valence-corrected chi connectivity index (χ1v) is 8.13. The molecule has 1 spiro atoms. The van der Waals surface area contributed by atoms with E-state index < -0.39 is 6.43 Å². The second-order valence-electron chi connectivity index (χ2n) is 6.63. The number of halogens is 2. The maximum atomic E-state index is 12.9. The average molecular weight is 334 g/mol. The van der Waals surface area contributed by atoms with E-state index in [1.54, 1.807) is 6.20 Å². The summed E-state index contributed by atoms with van der Waals surface area (Å²) < 4.78 is 26.9. The number of nitrogens with one attached hydrogen (secondary N) is 1. The molecule has 0 amide bonds. The lowest BCUT2D eigenvalue weighted by Gasteiger charge is -2.43. The second kappa shape index (κ2) is 5.47. The third kappa shape index (κ3) is 2.28. The van der Waals surface area contributed by atoms with E-state index in [1.165, 1.54) is 7.05 Å². The molecule has 1 N–H and O–H groups in total. The lowest BCUT2D eigenvalue weighted by atomic mass is 9.84. The van der Waals surface area contributed by atoms with E-state index in [9.17, 15) is 8.78 Å². The van der Waals surface area contributed by atoms with E-state index in [-0.39, 0.29) is 11.4 Å². The first kappa shape index (κ1) is 15.4. The van der Waals surface area contributed by atoms with Gasteiger partial charge in [0, 0.05) is 32.4 Å². The second-order valence-corrected chi connectivity index (χ2v) is 6.63. The molecule has 1 fully saturated rings. The highest BCUT2D eigenvalue weighted by atomic mass is 19.3. The van der Waals surface area contributed by atoms with E-state index in [1.807, 2.05) is 6.07 Å². The Hall–Kier alpha value is -2.09. The number of alkyl halides is 2. The van der Waals surface area contributed by atoms with Crippen molar-refractivity contribution in [1.29, 1.82) is 0 Å². The average Bonchev–Trinajstić information content (AvgIpc) is 3.19. The Morgan fingerprint density at radius 2 is 2.12 bits per heavy atom. The zero-order valence-electron chi connectivity index (χ0n) is 13.8. The first-order chi connectivity index (χ1) is 11.5. The fraction of sp³-hybridized carbons (Fsp3) is 0.562. The van der Waals surface area contributed by atoms with Crippen molar-refractivity contribution >= 4 is 5.82 Å². The highest BCUT2D eigenvalue weighted by molar-refractivity contribution is 5.62. The van der Waals surface area contributed by atoms with Crippen molar-refractivity contribution in [3.63, 3.8) is 0 Å². The van der Waals surface area contributed by atoms with Crippen molar-refractivity contribution in [2.24, 2.45) is 7.05 Å². The van der Waals surface area contributed by atoms with Crippen LogP contribution in [-0.2, 0) is 13.5 Å². The van der Waals surface area contributed by atoms with Crippen LogP contribution in [0.3, 0.4) is 0 Å². The minimum Gasteiger partial charge on any atom is -0.352 e. The number of pyridine rings is 1. The zero-order chi connectivity index (χ0) is 16.9. The molecule has 0 saturated carbocycles. The van der Waals surface area contributed by atoms with Gasteiger partial charge in [0.15, 0.2) is 11.6 Å². The molecule has 0 radical (unpaired) electrons. The largest absolute Gasteiger partial charge is 0.352 e. The smallest absolute Gasteiger partial charge is 0.297 e. The molecule has 128 valence electrons. The van der Waals surface area contributed by atoms with E-state index in [4.69, 9.17) is 0 Å². The summed E-state index contributed by atoms with van der Waals surface area (Å²) in [6.45, 7) is 2.01. The number of hydrogen-bond acceptors (Lipinski definition) is 5. The quantitative estimate of drug-likeness (QED) is 0.909. The summed E-state index contributed by atoms with van der Waals surface area (Å²) in [5.74, 6) is 0.947. The molecule has 2 aliphatic rings. The van der Waals surface area contributed by atoms with Crippen molar-refractivity contribution < 1.29 is 8.78 Å². The van der Waals surface area contributed by atoms with Crippen LogP contribution in [0.15, 0.2) is 12.3 Å². The lowest BCUT2D eigenvalue weighted by molar-refractivity contribution is 0.135.